The van der Waals surface area contributed by atoms with Crippen LogP contribution in [0.3, 0.4) is 0 Å². The van der Waals surface area contributed by atoms with Crippen LogP contribution in [0.5, 0.6) is 5.75 Å². The molecule has 6 heteroatoms. The molecule has 4 aromatic rings. The third-order valence-corrected chi connectivity index (χ3v) is 4.07. The van der Waals surface area contributed by atoms with Gasteiger partial charge in [-0.1, -0.05) is 18.2 Å². The summed E-state index contributed by atoms with van der Waals surface area (Å²) in [5.74, 6) is 2.30. The van der Waals surface area contributed by atoms with Crippen molar-refractivity contribution in [2.45, 2.75) is 6.92 Å². The SMILES string of the molecule is COc1cccc(Nc2nn(C)c3nc(C)c4ccccc4[n+]23)c1. The topological polar surface area (TPSA) is 56.1 Å². The van der Waals surface area contributed by atoms with Gasteiger partial charge >= 0.3 is 11.7 Å². The number of aromatic nitrogens is 4. The second kappa shape index (κ2) is 5.49. The number of benzene rings is 2. The van der Waals surface area contributed by atoms with Gasteiger partial charge in [0.1, 0.15) is 5.75 Å². The van der Waals surface area contributed by atoms with Crippen LogP contribution in [-0.4, -0.2) is 21.9 Å². The van der Waals surface area contributed by atoms with Gasteiger partial charge in [0.05, 0.1) is 31.1 Å². The Kier molecular flexibility index (Phi) is 3.30. The van der Waals surface area contributed by atoms with Crippen molar-refractivity contribution in [2.75, 3.05) is 12.4 Å². The molecule has 0 amide bonds. The fourth-order valence-electron chi connectivity index (χ4n) is 2.91. The highest BCUT2D eigenvalue weighted by Gasteiger charge is 2.21. The highest BCUT2D eigenvalue weighted by atomic mass is 16.5. The quantitative estimate of drug-likeness (QED) is 0.590. The maximum Gasteiger partial charge on any atom is 0.358 e. The van der Waals surface area contributed by atoms with Gasteiger partial charge in [0, 0.05) is 11.5 Å². The molecule has 0 spiro atoms. The highest BCUT2D eigenvalue weighted by Crippen LogP contribution is 2.21. The summed E-state index contributed by atoms with van der Waals surface area (Å²) in [7, 11) is 3.55. The standard InChI is InChI=1S/C18H18N5O/c1-12-15-9-4-5-10-16(15)23-17(21-22(2)18(23)19-12)20-13-7-6-8-14(11-13)24-3/h4-11H,1-3H3,(H,20,21)/q+1. The molecule has 1 N–H and O–H groups in total. The normalized spacial score (nSPS) is 11.1. The van der Waals surface area contributed by atoms with E-state index in [1.165, 1.54) is 0 Å². The maximum absolute atomic E-state index is 5.29. The molecule has 120 valence electrons. The van der Waals surface area contributed by atoms with E-state index in [0.717, 1.165) is 33.8 Å². The number of aryl methyl sites for hydroxylation is 2. The molecule has 2 aromatic carbocycles. The Hall–Kier alpha value is -3.15. The zero-order chi connectivity index (χ0) is 16.7. The van der Waals surface area contributed by atoms with E-state index in [-0.39, 0.29) is 0 Å². The van der Waals surface area contributed by atoms with Gasteiger partial charge in [-0.05, 0) is 36.3 Å². The Morgan fingerprint density at radius 1 is 1.12 bits per heavy atom. The fourth-order valence-corrected chi connectivity index (χ4v) is 2.91. The molecule has 0 aliphatic rings. The average Bonchev–Trinajstić information content (AvgIpc) is 2.91. The summed E-state index contributed by atoms with van der Waals surface area (Å²) in [5, 5.41) is 9.07. The molecule has 0 bridgehead atoms. The predicted molar refractivity (Wildman–Crippen MR) is 92.7 cm³/mol. The lowest BCUT2D eigenvalue weighted by atomic mass is 10.2. The molecule has 0 unspecified atom stereocenters. The number of fused-ring (bicyclic) bond motifs is 3. The molecule has 2 heterocycles. The molecule has 0 fully saturated rings. The number of para-hydroxylation sites is 1. The van der Waals surface area contributed by atoms with E-state index >= 15 is 0 Å². The van der Waals surface area contributed by atoms with Gasteiger partial charge < -0.3 is 4.74 Å². The summed E-state index contributed by atoms with van der Waals surface area (Å²) >= 11 is 0. The number of nitrogens with zero attached hydrogens (tertiary/aromatic N) is 4. The summed E-state index contributed by atoms with van der Waals surface area (Å²) in [6.07, 6.45) is 0. The molecule has 4 rings (SSSR count). The molecule has 6 nitrogen and oxygen atoms in total. The van der Waals surface area contributed by atoms with Crippen molar-refractivity contribution in [3.05, 3.63) is 54.2 Å². The Balaban J connectivity index is 1.94. The maximum atomic E-state index is 5.29. The van der Waals surface area contributed by atoms with Gasteiger partial charge in [-0.15, -0.1) is 9.67 Å². The molecule has 0 saturated carbocycles. The first-order chi connectivity index (χ1) is 11.7. The number of nitrogens with one attached hydrogen (secondary N) is 1. The lowest BCUT2D eigenvalue weighted by Crippen LogP contribution is -2.26. The predicted octanol–water partition coefficient (Wildman–Crippen LogP) is 2.77. The summed E-state index contributed by atoms with van der Waals surface area (Å²) in [6, 6.07) is 16.0. The average molecular weight is 320 g/mol. The first-order valence-electron chi connectivity index (χ1n) is 7.72. The van der Waals surface area contributed by atoms with Crippen molar-refractivity contribution in [3.8, 4) is 5.75 Å². The number of hydrogen-bond acceptors (Lipinski definition) is 4. The Bertz CT molecular complexity index is 1050. The van der Waals surface area contributed by atoms with Crippen molar-refractivity contribution in [1.29, 1.82) is 0 Å². The van der Waals surface area contributed by atoms with E-state index in [2.05, 4.69) is 22.5 Å². The van der Waals surface area contributed by atoms with E-state index in [1.807, 2.05) is 54.8 Å². The molecule has 0 radical (unpaired) electrons. The van der Waals surface area contributed by atoms with Crippen molar-refractivity contribution in [3.63, 3.8) is 0 Å². The van der Waals surface area contributed by atoms with Gasteiger partial charge in [0.15, 0.2) is 0 Å². The minimum atomic E-state index is 0.712. The van der Waals surface area contributed by atoms with Crippen molar-refractivity contribution >= 4 is 28.3 Å². The molecule has 24 heavy (non-hydrogen) atoms. The largest absolute Gasteiger partial charge is 0.497 e. The number of methoxy groups -OCH3 is 1. The van der Waals surface area contributed by atoms with Crippen LogP contribution in [0.2, 0.25) is 0 Å². The monoisotopic (exact) mass is 320 g/mol. The van der Waals surface area contributed by atoms with Crippen LogP contribution in [-0.2, 0) is 7.05 Å². The zero-order valence-electron chi connectivity index (χ0n) is 13.8. The summed E-state index contributed by atoms with van der Waals surface area (Å²) in [4.78, 5) is 4.70. The van der Waals surface area contributed by atoms with Crippen LogP contribution in [0.4, 0.5) is 11.6 Å². The van der Waals surface area contributed by atoms with Gasteiger partial charge in [0.25, 0.3) is 0 Å². The molecule has 0 aliphatic carbocycles. The lowest BCUT2D eigenvalue weighted by Gasteiger charge is -2.04. The molecular formula is C18H18N5O+. The zero-order valence-corrected chi connectivity index (χ0v) is 13.8. The van der Waals surface area contributed by atoms with Crippen LogP contribution in [0.15, 0.2) is 48.5 Å². The van der Waals surface area contributed by atoms with E-state index in [1.54, 1.807) is 11.8 Å². The fraction of sp³-hybridized carbons (Fsp3) is 0.167. The van der Waals surface area contributed by atoms with Gasteiger partial charge in [0.2, 0.25) is 0 Å². The van der Waals surface area contributed by atoms with Gasteiger partial charge in [-0.3, -0.25) is 5.32 Å². The molecule has 2 aromatic heterocycles. The number of anilines is 2. The minimum absolute atomic E-state index is 0.712. The Morgan fingerprint density at radius 2 is 1.96 bits per heavy atom. The number of ether oxygens (including phenoxy) is 1. The summed E-state index contributed by atoms with van der Waals surface area (Å²) in [6.45, 7) is 2.02. The molecule has 0 aliphatic heterocycles. The van der Waals surface area contributed by atoms with Gasteiger partial charge in [-0.25, -0.2) is 0 Å². The highest BCUT2D eigenvalue weighted by molar-refractivity contribution is 5.79. The van der Waals surface area contributed by atoms with Crippen LogP contribution < -0.4 is 14.5 Å². The second-order valence-corrected chi connectivity index (χ2v) is 5.65. The first-order valence-corrected chi connectivity index (χ1v) is 7.72. The minimum Gasteiger partial charge on any atom is -0.497 e. The van der Waals surface area contributed by atoms with Crippen molar-refractivity contribution in [1.82, 2.24) is 14.8 Å². The first kappa shape index (κ1) is 14.4. The molecular weight excluding hydrogens is 302 g/mol. The van der Waals surface area contributed by atoms with E-state index < -0.39 is 0 Å². The van der Waals surface area contributed by atoms with Crippen LogP contribution in [0.1, 0.15) is 5.69 Å². The molecule has 0 saturated heterocycles. The van der Waals surface area contributed by atoms with E-state index in [4.69, 9.17) is 9.72 Å². The molecule has 0 atom stereocenters. The Labute approximate surface area is 139 Å². The van der Waals surface area contributed by atoms with Crippen LogP contribution >= 0.6 is 0 Å². The van der Waals surface area contributed by atoms with Crippen molar-refractivity contribution in [2.24, 2.45) is 7.05 Å². The number of rotatable bonds is 3. The van der Waals surface area contributed by atoms with Crippen LogP contribution in [0.25, 0.3) is 16.7 Å². The number of hydrogen-bond donors (Lipinski definition) is 1. The van der Waals surface area contributed by atoms with Crippen LogP contribution in [0, 0.1) is 6.92 Å². The smallest absolute Gasteiger partial charge is 0.358 e. The van der Waals surface area contributed by atoms with E-state index in [0.29, 0.717) is 5.95 Å². The van der Waals surface area contributed by atoms with Gasteiger partial charge in [-0.2, -0.15) is 4.40 Å². The second-order valence-electron chi connectivity index (χ2n) is 5.65. The third kappa shape index (κ3) is 2.23. The van der Waals surface area contributed by atoms with E-state index in [9.17, 15) is 0 Å². The lowest BCUT2D eigenvalue weighted by molar-refractivity contribution is -0.468. The summed E-state index contributed by atoms with van der Waals surface area (Å²) in [5.41, 5.74) is 2.96. The van der Waals surface area contributed by atoms with Crippen molar-refractivity contribution < 1.29 is 9.14 Å². The Morgan fingerprint density at radius 3 is 2.79 bits per heavy atom. The summed E-state index contributed by atoms with van der Waals surface area (Å²) < 4.78 is 9.10. The third-order valence-electron chi connectivity index (χ3n) is 4.07.